The van der Waals surface area contributed by atoms with Crippen molar-refractivity contribution in [1.29, 1.82) is 0 Å². The van der Waals surface area contributed by atoms with Gasteiger partial charge in [-0.15, -0.1) is 0 Å². The number of carbonyl (C=O) groups excluding carboxylic acids is 1. The van der Waals surface area contributed by atoms with Crippen LogP contribution in [0.2, 0.25) is 0 Å². The molecule has 0 saturated heterocycles. The number of benzene rings is 2. The maximum absolute atomic E-state index is 11.6. The minimum atomic E-state index is 0.0430. The quantitative estimate of drug-likeness (QED) is 0.467. The summed E-state index contributed by atoms with van der Waals surface area (Å²) in [4.78, 5) is 11.6. The molecular weight excluding hydrogens is 342 g/mol. The molecule has 3 rings (SSSR count). The Bertz CT molecular complexity index is 775. The third kappa shape index (κ3) is 5.14. The summed E-state index contributed by atoms with van der Waals surface area (Å²) < 4.78 is 11.4. The lowest BCUT2D eigenvalue weighted by molar-refractivity contribution is -0.116. The molecule has 0 radical (unpaired) electrons. The SMILES string of the molecule is COc1ccc2c(c1OCCNCCCc1ccc(N)cc1)CCC(=O)N2. The van der Waals surface area contributed by atoms with E-state index in [1.807, 2.05) is 24.3 Å². The van der Waals surface area contributed by atoms with Crippen molar-refractivity contribution in [2.75, 3.05) is 37.9 Å². The van der Waals surface area contributed by atoms with Crippen molar-refractivity contribution in [2.45, 2.75) is 25.7 Å². The summed E-state index contributed by atoms with van der Waals surface area (Å²) in [5, 5.41) is 6.29. The average Bonchev–Trinajstić information content (AvgIpc) is 2.68. The molecule has 0 saturated carbocycles. The zero-order valence-electron chi connectivity index (χ0n) is 15.7. The first-order valence-electron chi connectivity index (χ1n) is 9.35. The van der Waals surface area contributed by atoms with E-state index in [0.29, 0.717) is 25.2 Å². The first kappa shape index (κ1) is 19.0. The molecule has 2 aromatic carbocycles. The summed E-state index contributed by atoms with van der Waals surface area (Å²) in [5.41, 5.74) is 9.62. The molecule has 0 fully saturated rings. The van der Waals surface area contributed by atoms with Crippen molar-refractivity contribution in [3.63, 3.8) is 0 Å². The molecule has 0 bridgehead atoms. The molecule has 27 heavy (non-hydrogen) atoms. The van der Waals surface area contributed by atoms with Crippen molar-refractivity contribution < 1.29 is 14.3 Å². The molecule has 0 aromatic heterocycles. The van der Waals surface area contributed by atoms with Crippen LogP contribution in [0.5, 0.6) is 11.5 Å². The molecule has 4 N–H and O–H groups in total. The number of nitrogens with one attached hydrogen (secondary N) is 2. The van der Waals surface area contributed by atoms with Crippen molar-refractivity contribution >= 4 is 17.3 Å². The fourth-order valence-electron chi connectivity index (χ4n) is 3.19. The van der Waals surface area contributed by atoms with Crippen molar-refractivity contribution in [1.82, 2.24) is 5.32 Å². The Morgan fingerprint density at radius 2 is 1.93 bits per heavy atom. The summed E-state index contributed by atoms with van der Waals surface area (Å²) in [6, 6.07) is 11.7. The highest BCUT2D eigenvalue weighted by Crippen LogP contribution is 2.38. The van der Waals surface area contributed by atoms with Crippen LogP contribution in [0.15, 0.2) is 36.4 Å². The zero-order valence-corrected chi connectivity index (χ0v) is 15.7. The van der Waals surface area contributed by atoms with Crippen LogP contribution < -0.4 is 25.8 Å². The van der Waals surface area contributed by atoms with Gasteiger partial charge in [0.15, 0.2) is 11.5 Å². The van der Waals surface area contributed by atoms with Crippen LogP contribution in [0.4, 0.5) is 11.4 Å². The number of fused-ring (bicyclic) bond motifs is 1. The molecular formula is C21H27N3O3. The van der Waals surface area contributed by atoms with Gasteiger partial charge in [-0.25, -0.2) is 0 Å². The minimum absolute atomic E-state index is 0.0430. The molecule has 1 amide bonds. The first-order chi connectivity index (χ1) is 13.2. The van der Waals surface area contributed by atoms with Crippen LogP contribution in [-0.4, -0.2) is 32.7 Å². The normalized spacial score (nSPS) is 13.0. The lowest BCUT2D eigenvalue weighted by Gasteiger charge is -2.22. The fraction of sp³-hybridized carbons (Fsp3) is 0.381. The first-order valence-corrected chi connectivity index (χ1v) is 9.35. The van der Waals surface area contributed by atoms with Crippen LogP contribution >= 0.6 is 0 Å². The number of nitrogens with two attached hydrogens (primary N) is 1. The van der Waals surface area contributed by atoms with Crippen LogP contribution in [0.25, 0.3) is 0 Å². The van der Waals surface area contributed by atoms with Gasteiger partial charge in [0, 0.05) is 29.9 Å². The Morgan fingerprint density at radius 3 is 2.70 bits per heavy atom. The summed E-state index contributed by atoms with van der Waals surface area (Å²) >= 11 is 0. The second kappa shape index (κ2) is 9.28. The van der Waals surface area contributed by atoms with Gasteiger partial charge in [-0.1, -0.05) is 12.1 Å². The molecule has 0 unspecified atom stereocenters. The van der Waals surface area contributed by atoms with Crippen molar-refractivity contribution in [3.8, 4) is 11.5 Å². The number of aryl methyl sites for hydroxylation is 1. The Hall–Kier alpha value is -2.73. The van der Waals surface area contributed by atoms with E-state index in [0.717, 1.165) is 48.6 Å². The zero-order chi connectivity index (χ0) is 19.1. The Kier molecular flexibility index (Phi) is 6.54. The van der Waals surface area contributed by atoms with Gasteiger partial charge < -0.3 is 25.8 Å². The van der Waals surface area contributed by atoms with Gasteiger partial charge in [0.1, 0.15) is 6.61 Å². The highest BCUT2D eigenvalue weighted by Gasteiger charge is 2.21. The second-order valence-electron chi connectivity index (χ2n) is 6.61. The van der Waals surface area contributed by atoms with E-state index in [4.69, 9.17) is 15.2 Å². The van der Waals surface area contributed by atoms with Crippen LogP contribution in [0, 0.1) is 0 Å². The standard InChI is InChI=1S/C21H27N3O3/c1-26-19-10-9-18-17(8-11-20(25)24-18)21(19)27-14-13-23-12-2-3-15-4-6-16(22)7-5-15/h4-7,9-10,23H,2-3,8,11-14,22H2,1H3,(H,24,25). The van der Waals surface area contributed by atoms with Crippen LogP contribution in [-0.2, 0) is 17.6 Å². The lowest BCUT2D eigenvalue weighted by atomic mass is 10.0. The van der Waals surface area contributed by atoms with Gasteiger partial charge in [-0.05, 0) is 55.6 Å². The Labute approximate surface area is 160 Å². The smallest absolute Gasteiger partial charge is 0.224 e. The van der Waals surface area contributed by atoms with E-state index < -0.39 is 0 Å². The molecule has 0 aliphatic carbocycles. The number of amides is 1. The Balaban J connectivity index is 1.43. The van der Waals surface area contributed by atoms with Gasteiger partial charge in [0.05, 0.1) is 7.11 Å². The van der Waals surface area contributed by atoms with Gasteiger partial charge >= 0.3 is 0 Å². The number of hydrogen-bond donors (Lipinski definition) is 3. The van der Waals surface area contributed by atoms with Gasteiger partial charge in [0.2, 0.25) is 5.91 Å². The third-order valence-electron chi connectivity index (χ3n) is 4.64. The summed E-state index contributed by atoms with van der Waals surface area (Å²) in [5.74, 6) is 1.48. The van der Waals surface area contributed by atoms with E-state index in [2.05, 4.69) is 22.8 Å². The van der Waals surface area contributed by atoms with E-state index >= 15 is 0 Å². The number of anilines is 2. The lowest BCUT2D eigenvalue weighted by Crippen LogP contribution is -2.24. The summed E-state index contributed by atoms with van der Waals surface area (Å²) in [6.07, 6.45) is 3.22. The van der Waals surface area contributed by atoms with E-state index in [9.17, 15) is 4.79 Å². The molecule has 6 heteroatoms. The number of nitrogen functional groups attached to an aromatic ring is 1. The number of methoxy groups -OCH3 is 1. The summed E-state index contributed by atoms with van der Waals surface area (Å²) in [7, 11) is 1.63. The van der Waals surface area contributed by atoms with Crippen LogP contribution in [0.1, 0.15) is 24.0 Å². The highest BCUT2D eigenvalue weighted by molar-refractivity contribution is 5.94. The monoisotopic (exact) mass is 369 g/mol. The van der Waals surface area contributed by atoms with Gasteiger partial charge in [-0.3, -0.25) is 4.79 Å². The maximum Gasteiger partial charge on any atom is 0.224 e. The molecule has 1 heterocycles. The predicted molar refractivity (Wildman–Crippen MR) is 107 cm³/mol. The molecule has 1 aliphatic rings. The van der Waals surface area contributed by atoms with E-state index in [1.165, 1.54) is 5.56 Å². The molecule has 0 spiro atoms. The topological polar surface area (TPSA) is 85.6 Å². The predicted octanol–water partition coefficient (Wildman–Crippen LogP) is 2.76. The largest absolute Gasteiger partial charge is 0.493 e. The van der Waals surface area contributed by atoms with Crippen LogP contribution in [0.3, 0.4) is 0 Å². The average molecular weight is 369 g/mol. The van der Waals surface area contributed by atoms with Gasteiger partial charge in [-0.2, -0.15) is 0 Å². The van der Waals surface area contributed by atoms with E-state index in [1.54, 1.807) is 7.11 Å². The third-order valence-corrected chi connectivity index (χ3v) is 4.64. The number of rotatable bonds is 9. The number of carbonyl (C=O) groups is 1. The van der Waals surface area contributed by atoms with Crippen molar-refractivity contribution in [3.05, 3.63) is 47.5 Å². The molecule has 6 nitrogen and oxygen atoms in total. The van der Waals surface area contributed by atoms with Gasteiger partial charge in [0.25, 0.3) is 0 Å². The van der Waals surface area contributed by atoms with E-state index in [-0.39, 0.29) is 5.91 Å². The summed E-state index contributed by atoms with van der Waals surface area (Å²) in [6.45, 7) is 2.22. The second-order valence-corrected chi connectivity index (χ2v) is 6.61. The highest BCUT2D eigenvalue weighted by atomic mass is 16.5. The Morgan fingerprint density at radius 1 is 1.11 bits per heavy atom. The molecule has 0 atom stereocenters. The molecule has 2 aromatic rings. The maximum atomic E-state index is 11.6. The number of hydrogen-bond acceptors (Lipinski definition) is 5. The minimum Gasteiger partial charge on any atom is -0.493 e. The molecule has 1 aliphatic heterocycles. The van der Waals surface area contributed by atoms with Crippen molar-refractivity contribution in [2.24, 2.45) is 0 Å². The number of ether oxygens (including phenoxy) is 2. The fourth-order valence-corrected chi connectivity index (χ4v) is 3.19. The molecule has 144 valence electrons.